The summed E-state index contributed by atoms with van der Waals surface area (Å²) in [5, 5.41) is 0. The van der Waals surface area contributed by atoms with Crippen LogP contribution >= 0.6 is 0 Å². The van der Waals surface area contributed by atoms with Crippen molar-refractivity contribution in [2.75, 3.05) is 27.2 Å². The zero-order valence-electron chi connectivity index (χ0n) is 12.8. The standard InChI is InChI=1S/C16H23N3O2/c1-18-14(20)6-8-16(18)7-4-10-19(12-16)11-13-5-3-9-17-15(13)21-2/h3,5,9H,4,6-8,10-12H2,1-2H3. The molecule has 0 saturated carbocycles. The smallest absolute Gasteiger partial charge is 0.222 e. The Morgan fingerprint density at radius 2 is 2.29 bits per heavy atom. The molecule has 21 heavy (non-hydrogen) atoms. The third-order valence-electron chi connectivity index (χ3n) is 4.96. The van der Waals surface area contributed by atoms with Gasteiger partial charge in [0.05, 0.1) is 12.6 Å². The molecule has 0 aromatic carbocycles. The minimum atomic E-state index is 0.0464. The Morgan fingerprint density at radius 1 is 1.43 bits per heavy atom. The molecule has 1 unspecified atom stereocenters. The van der Waals surface area contributed by atoms with Crippen LogP contribution in [0.15, 0.2) is 18.3 Å². The molecule has 2 aliphatic heterocycles. The van der Waals surface area contributed by atoms with Crippen LogP contribution in [0.1, 0.15) is 31.2 Å². The van der Waals surface area contributed by atoms with Gasteiger partial charge in [0.1, 0.15) is 0 Å². The predicted octanol–water partition coefficient (Wildman–Crippen LogP) is 1.68. The van der Waals surface area contributed by atoms with Gasteiger partial charge in [-0.15, -0.1) is 0 Å². The summed E-state index contributed by atoms with van der Waals surface area (Å²) in [6.07, 6.45) is 5.70. The number of likely N-dealkylation sites (tertiary alicyclic amines) is 2. The highest BCUT2D eigenvalue weighted by atomic mass is 16.5. The van der Waals surface area contributed by atoms with E-state index in [2.05, 4.69) is 16.0 Å². The number of hydrogen-bond donors (Lipinski definition) is 0. The van der Waals surface area contributed by atoms with Gasteiger partial charge >= 0.3 is 0 Å². The zero-order valence-corrected chi connectivity index (χ0v) is 12.8. The van der Waals surface area contributed by atoms with Gasteiger partial charge in [0.25, 0.3) is 0 Å². The lowest BCUT2D eigenvalue weighted by Gasteiger charge is -2.44. The van der Waals surface area contributed by atoms with Crippen LogP contribution in [0.5, 0.6) is 5.88 Å². The first-order chi connectivity index (χ1) is 10.1. The summed E-state index contributed by atoms with van der Waals surface area (Å²) >= 11 is 0. The van der Waals surface area contributed by atoms with E-state index in [0.717, 1.165) is 44.5 Å². The van der Waals surface area contributed by atoms with E-state index < -0.39 is 0 Å². The zero-order chi connectivity index (χ0) is 14.9. The maximum atomic E-state index is 11.9. The Labute approximate surface area is 125 Å². The number of carbonyl (C=O) groups is 1. The molecule has 2 saturated heterocycles. The molecule has 0 radical (unpaired) electrons. The van der Waals surface area contributed by atoms with Crippen molar-refractivity contribution in [2.24, 2.45) is 0 Å². The topological polar surface area (TPSA) is 45.7 Å². The first-order valence-electron chi connectivity index (χ1n) is 7.61. The SMILES string of the molecule is COc1ncccc1CN1CCCC2(CCC(=O)N2C)C1. The van der Waals surface area contributed by atoms with E-state index in [0.29, 0.717) is 12.3 Å². The lowest BCUT2D eigenvalue weighted by molar-refractivity contribution is -0.130. The second-order valence-electron chi connectivity index (χ2n) is 6.16. The van der Waals surface area contributed by atoms with Crippen molar-refractivity contribution in [1.82, 2.24) is 14.8 Å². The summed E-state index contributed by atoms with van der Waals surface area (Å²) in [5.41, 5.74) is 1.16. The highest BCUT2D eigenvalue weighted by Gasteiger charge is 2.45. The Hall–Kier alpha value is -1.62. The van der Waals surface area contributed by atoms with E-state index in [1.807, 2.05) is 18.0 Å². The molecule has 3 heterocycles. The van der Waals surface area contributed by atoms with Gasteiger partial charge in [-0.2, -0.15) is 0 Å². The number of likely N-dealkylation sites (N-methyl/N-ethyl adjacent to an activating group) is 1. The summed E-state index contributed by atoms with van der Waals surface area (Å²) in [6.45, 7) is 2.86. The molecule has 1 atom stereocenters. The van der Waals surface area contributed by atoms with E-state index in [-0.39, 0.29) is 11.4 Å². The Kier molecular flexibility index (Phi) is 3.85. The normalized spacial score (nSPS) is 26.6. The van der Waals surface area contributed by atoms with Crippen molar-refractivity contribution in [3.63, 3.8) is 0 Å². The second-order valence-corrected chi connectivity index (χ2v) is 6.16. The maximum Gasteiger partial charge on any atom is 0.222 e. The van der Waals surface area contributed by atoms with Crippen LogP contribution in [0.2, 0.25) is 0 Å². The van der Waals surface area contributed by atoms with Gasteiger partial charge in [0.2, 0.25) is 11.8 Å². The van der Waals surface area contributed by atoms with Crippen LogP contribution < -0.4 is 4.74 Å². The molecule has 114 valence electrons. The molecule has 5 heteroatoms. The number of amides is 1. The van der Waals surface area contributed by atoms with E-state index >= 15 is 0 Å². The Morgan fingerprint density at radius 3 is 3.00 bits per heavy atom. The van der Waals surface area contributed by atoms with Gasteiger partial charge in [-0.1, -0.05) is 6.07 Å². The Balaban J connectivity index is 1.74. The van der Waals surface area contributed by atoms with Crippen LogP contribution in [0.25, 0.3) is 0 Å². The number of carbonyl (C=O) groups excluding carboxylic acids is 1. The summed E-state index contributed by atoms with van der Waals surface area (Å²) in [4.78, 5) is 20.6. The fourth-order valence-electron chi connectivity index (χ4n) is 3.73. The molecule has 1 aromatic rings. The third kappa shape index (κ3) is 2.62. The van der Waals surface area contributed by atoms with Gasteiger partial charge in [-0.3, -0.25) is 9.69 Å². The van der Waals surface area contributed by atoms with Crippen molar-refractivity contribution in [3.8, 4) is 5.88 Å². The number of rotatable bonds is 3. The van der Waals surface area contributed by atoms with Crippen LogP contribution in [0.4, 0.5) is 0 Å². The van der Waals surface area contributed by atoms with Crippen LogP contribution in [-0.4, -0.2) is 53.5 Å². The van der Waals surface area contributed by atoms with Crippen molar-refractivity contribution < 1.29 is 9.53 Å². The maximum absolute atomic E-state index is 11.9. The summed E-state index contributed by atoms with van der Waals surface area (Å²) in [5.74, 6) is 0.990. The molecule has 0 N–H and O–H groups in total. The summed E-state index contributed by atoms with van der Waals surface area (Å²) in [6, 6.07) is 4.01. The molecular weight excluding hydrogens is 266 g/mol. The molecule has 0 bridgehead atoms. The molecule has 2 aliphatic rings. The summed E-state index contributed by atoms with van der Waals surface area (Å²) in [7, 11) is 3.62. The lowest BCUT2D eigenvalue weighted by atomic mass is 9.86. The molecule has 3 rings (SSSR count). The van der Waals surface area contributed by atoms with E-state index in [4.69, 9.17) is 4.74 Å². The highest BCUT2D eigenvalue weighted by Crippen LogP contribution is 2.37. The molecule has 2 fully saturated rings. The number of pyridine rings is 1. The van der Waals surface area contributed by atoms with Crippen LogP contribution in [0, 0.1) is 0 Å². The Bertz CT molecular complexity index is 534. The lowest BCUT2D eigenvalue weighted by Crippen LogP contribution is -2.54. The van der Waals surface area contributed by atoms with Gasteiger partial charge in [0.15, 0.2) is 0 Å². The number of methoxy groups -OCH3 is 1. The monoisotopic (exact) mass is 289 g/mol. The summed E-state index contributed by atoms with van der Waals surface area (Å²) < 4.78 is 5.34. The highest BCUT2D eigenvalue weighted by molar-refractivity contribution is 5.79. The number of ether oxygens (including phenoxy) is 1. The molecule has 0 aliphatic carbocycles. The van der Waals surface area contributed by atoms with Crippen molar-refractivity contribution in [3.05, 3.63) is 23.9 Å². The van der Waals surface area contributed by atoms with Gasteiger partial charge in [0, 0.05) is 38.3 Å². The van der Waals surface area contributed by atoms with E-state index in [9.17, 15) is 4.79 Å². The predicted molar refractivity (Wildman–Crippen MR) is 80.0 cm³/mol. The quantitative estimate of drug-likeness (QED) is 0.849. The second kappa shape index (κ2) is 5.64. The average Bonchev–Trinajstić information content (AvgIpc) is 2.77. The first-order valence-corrected chi connectivity index (χ1v) is 7.61. The fourth-order valence-corrected chi connectivity index (χ4v) is 3.73. The number of nitrogens with zero attached hydrogens (tertiary/aromatic N) is 3. The van der Waals surface area contributed by atoms with Crippen molar-refractivity contribution in [2.45, 2.75) is 37.8 Å². The van der Waals surface area contributed by atoms with E-state index in [1.54, 1.807) is 13.3 Å². The third-order valence-corrected chi connectivity index (χ3v) is 4.96. The average molecular weight is 289 g/mol. The molecule has 1 aromatic heterocycles. The van der Waals surface area contributed by atoms with Crippen LogP contribution in [0.3, 0.4) is 0 Å². The van der Waals surface area contributed by atoms with Gasteiger partial charge in [-0.05, 0) is 31.9 Å². The van der Waals surface area contributed by atoms with Gasteiger partial charge in [-0.25, -0.2) is 4.98 Å². The number of aromatic nitrogens is 1. The number of hydrogen-bond acceptors (Lipinski definition) is 4. The molecule has 1 amide bonds. The molecule has 5 nitrogen and oxygen atoms in total. The van der Waals surface area contributed by atoms with Crippen molar-refractivity contribution in [1.29, 1.82) is 0 Å². The van der Waals surface area contributed by atoms with Gasteiger partial charge < -0.3 is 9.64 Å². The minimum Gasteiger partial charge on any atom is -0.481 e. The molecule has 1 spiro atoms. The fraction of sp³-hybridized carbons (Fsp3) is 0.625. The number of piperidine rings is 1. The minimum absolute atomic E-state index is 0.0464. The largest absolute Gasteiger partial charge is 0.481 e. The molecular formula is C16H23N3O2. The van der Waals surface area contributed by atoms with Crippen molar-refractivity contribution >= 4 is 5.91 Å². The van der Waals surface area contributed by atoms with Crippen LogP contribution in [-0.2, 0) is 11.3 Å². The first kappa shape index (κ1) is 14.3. The van der Waals surface area contributed by atoms with E-state index in [1.165, 1.54) is 0 Å².